The summed E-state index contributed by atoms with van der Waals surface area (Å²) in [6, 6.07) is -0.262. The molecule has 1 amide bonds. The van der Waals surface area contributed by atoms with Gasteiger partial charge in [0.1, 0.15) is 5.82 Å². The first-order chi connectivity index (χ1) is 7.69. The summed E-state index contributed by atoms with van der Waals surface area (Å²) in [5.74, 6) is 0.665. The summed E-state index contributed by atoms with van der Waals surface area (Å²) >= 11 is 0. The lowest BCUT2D eigenvalue weighted by Crippen LogP contribution is -2.44. The van der Waals surface area contributed by atoms with Crippen molar-refractivity contribution in [3.8, 4) is 0 Å². The molecule has 1 atom stereocenters. The minimum atomic E-state index is -0.262. The third-order valence-electron chi connectivity index (χ3n) is 2.38. The molecule has 0 fully saturated rings. The molecule has 16 heavy (non-hydrogen) atoms. The number of aliphatic hydroxyl groups excluding tert-OH is 1. The van der Waals surface area contributed by atoms with Gasteiger partial charge in [-0.25, -0.2) is 4.98 Å². The summed E-state index contributed by atoms with van der Waals surface area (Å²) in [4.78, 5) is 20.5. The Morgan fingerprint density at radius 2 is 2.50 bits per heavy atom. The van der Waals surface area contributed by atoms with E-state index in [1.54, 1.807) is 31.3 Å². The normalized spacial score (nSPS) is 12.4. The zero-order valence-electron chi connectivity index (χ0n) is 9.60. The van der Waals surface area contributed by atoms with Crippen molar-refractivity contribution >= 4 is 5.91 Å². The van der Waals surface area contributed by atoms with Gasteiger partial charge in [0.05, 0.1) is 19.2 Å². The van der Waals surface area contributed by atoms with E-state index >= 15 is 0 Å². The van der Waals surface area contributed by atoms with Crippen LogP contribution in [0.4, 0.5) is 0 Å². The van der Waals surface area contributed by atoms with Gasteiger partial charge in [-0.3, -0.25) is 4.79 Å². The Kier molecular flexibility index (Phi) is 4.94. The molecule has 0 unspecified atom stereocenters. The predicted octanol–water partition coefficient (Wildman–Crippen LogP) is -0.661. The summed E-state index contributed by atoms with van der Waals surface area (Å²) in [5.41, 5.74) is 0. The highest BCUT2D eigenvalue weighted by Gasteiger charge is 2.19. The third kappa shape index (κ3) is 3.32. The third-order valence-corrected chi connectivity index (χ3v) is 2.38. The van der Waals surface area contributed by atoms with Crippen molar-refractivity contribution in [3.63, 3.8) is 0 Å². The van der Waals surface area contributed by atoms with E-state index in [0.717, 1.165) is 0 Å². The van der Waals surface area contributed by atoms with Gasteiger partial charge >= 0.3 is 0 Å². The molecule has 0 aliphatic heterocycles. The van der Waals surface area contributed by atoms with E-state index in [1.807, 2.05) is 0 Å². The molecule has 0 spiro atoms. The Morgan fingerprint density at radius 3 is 3.00 bits per heavy atom. The Labute approximate surface area is 94.7 Å². The van der Waals surface area contributed by atoms with Crippen LogP contribution in [0.5, 0.6) is 0 Å². The molecule has 1 aromatic heterocycles. The second kappa shape index (κ2) is 6.24. The van der Waals surface area contributed by atoms with Crippen LogP contribution in [0, 0.1) is 0 Å². The summed E-state index contributed by atoms with van der Waals surface area (Å²) in [6.07, 6.45) is 3.34. The van der Waals surface area contributed by atoms with Gasteiger partial charge in [-0.05, 0) is 14.0 Å². The first-order valence-electron chi connectivity index (χ1n) is 5.24. The van der Waals surface area contributed by atoms with Crippen LogP contribution in [0.15, 0.2) is 12.4 Å². The van der Waals surface area contributed by atoms with E-state index < -0.39 is 0 Å². The number of aromatic nitrogens is 2. The first-order valence-corrected chi connectivity index (χ1v) is 5.24. The minimum Gasteiger partial charge on any atom is -0.395 e. The summed E-state index contributed by atoms with van der Waals surface area (Å²) in [7, 11) is 1.73. The number of hydrogen-bond donors (Lipinski definition) is 3. The topological polar surface area (TPSA) is 81.2 Å². The Bertz CT molecular complexity index is 313. The molecule has 0 aliphatic carbocycles. The number of nitrogens with one attached hydrogen (secondary N) is 2. The molecule has 1 heterocycles. The van der Waals surface area contributed by atoms with Gasteiger partial charge < -0.3 is 20.3 Å². The molecular weight excluding hydrogens is 208 g/mol. The fourth-order valence-corrected chi connectivity index (χ4v) is 1.35. The fraction of sp³-hybridized carbons (Fsp3) is 0.600. The van der Waals surface area contributed by atoms with Crippen molar-refractivity contribution in [2.75, 3.05) is 20.2 Å². The van der Waals surface area contributed by atoms with Crippen LogP contribution in [-0.4, -0.2) is 52.1 Å². The number of carbonyl (C=O) groups is 1. The van der Waals surface area contributed by atoms with E-state index in [2.05, 4.69) is 15.3 Å². The second-order valence-corrected chi connectivity index (χ2v) is 3.53. The molecule has 0 saturated heterocycles. The number of aromatic amines is 1. The van der Waals surface area contributed by atoms with E-state index in [4.69, 9.17) is 5.11 Å². The smallest absolute Gasteiger partial charge is 0.239 e. The number of nitrogens with zero attached hydrogens (tertiary/aromatic N) is 2. The Hall–Kier alpha value is -1.40. The summed E-state index contributed by atoms with van der Waals surface area (Å²) < 4.78 is 0. The van der Waals surface area contributed by atoms with E-state index in [0.29, 0.717) is 18.9 Å². The number of imidazole rings is 1. The SMILES string of the molecule is CN[C@@H](C)C(=O)N(CCO)Cc1ncc[nH]1. The zero-order chi connectivity index (χ0) is 12.0. The van der Waals surface area contributed by atoms with Crippen LogP contribution in [0.25, 0.3) is 0 Å². The Balaban J connectivity index is 2.63. The molecule has 1 rings (SSSR count). The maximum atomic E-state index is 11.9. The highest BCUT2D eigenvalue weighted by Crippen LogP contribution is 2.01. The predicted molar refractivity (Wildman–Crippen MR) is 59.6 cm³/mol. The van der Waals surface area contributed by atoms with Crippen LogP contribution in [-0.2, 0) is 11.3 Å². The molecule has 0 aliphatic rings. The molecule has 1 aromatic rings. The quantitative estimate of drug-likeness (QED) is 0.601. The van der Waals surface area contributed by atoms with Crippen molar-refractivity contribution in [2.24, 2.45) is 0 Å². The summed E-state index contributed by atoms with van der Waals surface area (Å²) in [6.45, 7) is 2.43. The molecule has 0 saturated carbocycles. The maximum absolute atomic E-state index is 11.9. The minimum absolute atomic E-state index is 0.0482. The average molecular weight is 226 g/mol. The lowest BCUT2D eigenvalue weighted by Gasteiger charge is -2.23. The number of aliphatic hydroxyl groups is 1. The molecule has 0 radical (unpaired) electrons. The Morgan fingerprint density at radius 1 is 1.75 bits per heavy atom. The van der Waals surface area contributed by atoms with Gasteiger partial charge in [0, 0.05) is 18.9 Å². The van der Waals surface area contributed by atoms with Crippen molar-refractivity contribution in [3.05, 3.63) is 18.2 Å². The van der Waals surface area contributed by atoms with E-state index in [-0.39, 0.29) is 18.6 Å². The van der Waals surface area contributed by atoms with Gasteiger partial charge in [0.2, 0.25) is 5.91 Å². The maximum Gasteiger partial charge on any atom is 0.239 e. The molecule has 0 bridgehead atoms. The first kappa shape index (κ1) is 12.7. The number of H-pyrrole nitrogens is 1. The monoisotopic (exact) mass is 226 g/mol. The van der Waals surface area contributed by atoms with E-state index in [1.165, 1.54) is 0 Å². The number of carbonyl (C=O) groups excluding carboxylic acids is 1. The lowest BCUT2D eigenvalue weighted by atomic mass is 10.3. The second-order valence-electron chi connectivity index (χ2n) is 3.53. The van der Waals surface area contributed by atoms with Crippen LogP contribution >= 0.6 is 0 Å². The van der Waals surface area contributed by atoms with Crippen LogP contribution in [0.3, 0.4) is 0 Å². The highest BCUT2D eigenvalue weighted by molar-refractivity contribution is 5.81. The van der Waals surface area contributed by atoms with Gasteiger partial charge in [-0.2, -0.15) is 0 Å². The van der Waals surface area contributed by atoms with Crippen molar-refractivity contribution in [1.29, 1.82) is 0 Å². The number of rotatable bonds is 6. The lowest BCUT2D eigenvalue weighted by molar-refractivity contribution is -0.134. The van der Waals surface area contributed by atoms with Crippen molar-refractivity contribution < 1.29 is 9.90 Å². The molecule has 6 heteroatoms. The van der Waals surface area contributed by atoms with Crippen LogP contribution in [0.1, 0.15) is 12.7 Å². The molecular formula is C10H18N4O2. The highest BCUT2D eigenvalue weighted by atomic mass is 16.3. The van der Waals surface area contributed by atoms with Gasteiger partial charge in [0.15, 0.2) is 0 Å². The largest absolute Gasteiger partial charge is 0.395 e. The van der Waals surface area contributed by atoms with Crippen LogP contribution < -0.4 is 5.32 Å². The molecule has 3 N–H and O–H groups in total. The molecule has 90 valence electrons. The standard InChI is InChI=1S/C10H18N4O2/c1-8(11-2)10(16)14(5-6-15)7-9-12-3-4-13-9/h3-4,8,11,15H,5-7H2,1-2H3,(H,12,13)/t8-/m0/s1. The van der Waals surface area contributed by atoms with Crippen molar-refractivity contribution in [2.45, 2.75) is 19.5 Å². The molecule has 0 aromatic carbocycles. The van der Waals surface area contributed by atoms with Gasteiger partial charge in [-0.1, -0.05) is 0 Å². The van der Waals surface area contributed by atoms with E-state index in [9.17, 15) is 4.79 Å². The fourth-order valence-electron chi connectivity index (χ4n) is 1.35. The number of hydrogen-bond acceptors (Lipinski definition) is 4. The number of likely N-dealkylation sites (N-methyl/N-ethyl adjacent to an activating group) is 1. The van der Waals surface area contributed by atoms with Crippen molar-refractivity contribution in [1.82, 2.24) is 20.2 Å². The van der Waals surface area contributed by atoms with Gasteiger partial charge in [-0.15, -0.1) is 0 Å². The zero-order valence-corrected chi connectivity index (χ0v) is 9.60. The molecule has 6 nitrogen and oxygen atoms in total. The number of amides is 1. The van der Waals surface area contributed by atoms with Crippen LogP contribution in [0.2, 0.25) is 0 Å². The summed E-state index contributed by atoms with van der Waals surface area (Å²) in [5, 5.41) is 11.8. The average Bonchev–Trinajstić information content (AvgIpc) is 2.79. The van der Waals surface area contributed by atoms with Gasteiger partial charge in [0.25, 0.3) is 0 Å².